The van der Waals surface area contributed by atoms with Crippen molar-refractivity contribution in [3.05, 3.63) is 0 Å². The molecule has 158 valence electrons. The van der Waals surface area contributed by atoms with Gasteiger partial charge in [0, 0.05) is 0 Å². The Balaban J connectivity index is 1.40. The Labute approximate surface area is 162 Å². The Kier molecular flexibility index (Phi) is 7.90. The summed E-state index contributed by atoms with van der Waals surface area (Å²) in [5.74, 6) is 1.65. The third-order valence-corrected chi connectivity index (χ3v) is 7.63. The molecule has 0 N–H and O–H groups in total. The summed E-state index contributed by atoms with van der Waals surface area (Å²) in [6.07, 6.45) is 8.29. The molecule has 3 aliphatic rings. The lowest BCUT2D eigenvalue weighted by atomic mass is 9.69. The van der Waals surface area contributed by atoms with Crippen LogP contribution in [0.5, 0.6) is 0 Å². The predicted molar refractivity (Wildman–Crippen MR) is 100 cm³/mol. The van der Waals surface area contributed by atoms with E-state index in [9.17, 15) is 13.2 Å². The van der Waals surface area contributed by atoms with E-state index in [4.69, 9.17) is 9.47 Å². The van der Waals surface area contributed by atoms with Crippen LogP contribution >= 0.6 is 0 Å². The maximum atomic E-state index is 14.7. The van der Waals surface area contributed by atoms with Crippen LogP contribution in [-0.4, -0.2) is 25.2 Å². The van der Waals surface area contributed by atoms with E-state index < -0.39 is 25.0 Å². The molecule has 3 rings (SSSR count). The van der Waals surface area contributed by atoms with Gasteiger partial charge in [0.05, 0.1) is 18.1 Å². The van der Waals surface area contributed by atoms with Gasteiger partial charge in [0.25, 0.3) is 0 Å². The first-order chi connectivity index (χ1) is 13.0. The van der Waals surface area contributed by atoms with Crippen LogP contribution in [0.3, 0.4) is 0 Å². The Morgan fingerprint density at radius 2 is 1.26 bits per heavy atom. The Bertz CT molecular complexity index is 421. The van der Waals surface area contributed by atoms with E-state index in [1.165, 1.54) is 32.1 Å². The highest BCUT2D eigenvalue weighted by atomic mass is 19.3. The molecular weight excluding hydrogens is 353 g/mol. The third-order valence-electron chi connectivity index (χ3n) is 7.63. The SMILES string of the molecule is CCC1CCC(C2CCC(C(F)(F)OC3CCC(OCF)CC3)CC2)CC1. The van der Waals surface area contributed by atoms with E-state index in [-0.39, 0.29) is 6.10 Å². The Morgan fingerprint density at radius 3 is 1.78 bits per heavy atom. The summed E-state index contributed by atoms with van der Waals surface area (Å²) in [6, 6.07) is 0. The van der Waals surface area contributed by atoms with Crippen LogP contribution in [-0.2, 0) is 9.47 Å². The molecule has 0 spiro atoms. The molecule has 0 aliphatic heterocycles. The Hall–Kier alpha value is -0.290. The van der Waals surface area contributed by atoms with Gasteiger partial charge in [0.2, 0.25) is 0 Å². The number of hydrogen-bond donors (Lipinski definition) is 0. The molecule has 0 aromatic carbocycles. The van der Waals surface area contributed by atoms with Gasteiger partial charge in [-0.3, -0.25) is 0 Å². The highest BCUT2D eigenvalue weighted by molar-refractivity contribution is 4.85. The van der Waals surface area contributed by atoms with Crippen molar-refractivity contribution in [3.63, 3.8) is 0 Å². The fourth-order valence-corrected chi connectivity index (χ4v) is 5.72. The molecule has 0 unspecified atom stereocenters. The van der Waals surface area contributed by atoms with Crippen molar-refractivity contribution >= 4 is 0 Å². The molecule has 3 fully saturated rings. The molecular formula is C22H37F3O2. The van der Waals surface area contributed by atoms with Crippen molar-refractivity contribution in [1.82, 2.24) is 0 Å². The van der Waals surface area contributed by atoms with Crippen LogP contribution in [0.2, 0.25) is 0 Å². The molecule has 0 bridgehead atoms. The summed E-state index contributed by atoms with van der Waals surface area (Å²) in [4.78, 5) is 0. The molecule has 0 amide bonds. The van der Waals surface area contributed by atoms with E-state index in [2.05, 4.69) is 6.92 Å². The van der Waals surface area contributed by atoms with E-state index in [0.717, 1.165) is 24.7 Å². The topological polar surface area (TPSA) is 18.5 Å². The van der Waals surface area contributed by atoms with Crippen LogP contribution in [0.1, 0.15) is 90.4 Å². The first-order valence-corrected chi connectivity index (χ1v) is 11.2. The molecule has 27 heavy (non-hydrogen) atoms. The summed E-state index contributed by atoms with van der Waals surface area (Å²) in [6.45, 7) is 1.48. The molecule has 0 saturated heterocycles. The molecule has 3 saturated carbocycles. The van der Waals surface area contributed by atoms with Crippen molar-refractivity contribution in [2.75, 3.05) is 6.86 Å². The van der Waals surface area contributed by atoms with Gasteiger partial charge in [0.15, 0.2) is 6.86 Å². The summed E-state index contributed by atoms with van der Waals surface area (Å²) < 4.78 is 51.8. The van der Waals surface area contributed by atoms with Gasteiger partial charge in [-0.05, 0) is 82.0 Å². The minimum absolute atomic E-state index is 0.137. The zero-order valence-corrected chi connectivity index (χ0v) is 16.8. The molecule has 0 aromatic heterocycles. The van der Waals surface area contributed by atoms with Crippen molar-refractivity contribution in [1.29, 1.82) is 0 Å². The maximum absolute atomic E-state index is 14.7. The lowest BCUT2D eigenvalue weighted by molar-refractivity contribution is -0.303. The number of ether oxygens (including phenoxy) is 2. The molecule has 3 aliphatic carbocycles. The first-order valence-electron chi connectivity index (χ1n) is 11.2. The number of hydrogen-bond acceptors (Lipinski definition) is 2. The summed E-state index contributed by atoms with van der Waals surface area (Å²) in [7, 11) is 0. The normalized spacial score (nSPS) is 38.7. The zero-order chi connectivity index (χ0) is 19.3. The van der Waals surface area contributed by atoms with Gasteiger partial charge in [-0.15, -0.1) is 0 Å². The van der Waals surface area contributed by atoms with Gasteiger partial charge in [0.1, 0.15) is 0 Å². The lowest BCUT2D eigenvalue weighted by Gasteiger charge is -2.40. The van der Waals surface area contributed by atoms with Crippen molar-refractivity contribution in [3.8, 4) is 0 Å². The van der Waals surface area contributed by atoms with Crippen LogP contribution in [0, 0.1) is 23.7 Å². The van der Waals surface area contributed by atoms with Crippen LogP contribution in [0.4, 0.5) is 13.2 Å². The second-order valence-electron chi connectivity index (χ2n) is 9.15. The molecule has 5 heteroatoms. The average Bonchev–Trinajstić information content (AvgIpc) is 2.70. The highest BCUT2D eigenvalue weighted by Crippen LogP contribution is 2.46. The summed E-state index contributed by atoms with van der Waals surface area (Å²) >= 11 is 0. The fourth-order valence-electron chi connectivity index (χ4n) is 5.72. The fraction of sp³-hybridized carbons (Fsp3) is 1.00. The second-order valence-corrected chi connectivity index (χ2v) is 9.15. The van der Waals surface area contributed by atoms with Crippen LogP contribution in [0.25, 0.3) is 0 Å². The smallest absolute Gasteiger partial charge is 0.347 e. The second kappa shape index (κ2) is 9.96. The van der Waals surface area contributed by atoms with E-state index in [0.29, 0.717) is 44.4 Å². The van der Waals surface area contributed by atoms with E-state index in [1.54, 1.807) is 0 Å². The molecule has 0 aromatic rings. The van der Waals surface area contributed by atoms with Crippen LogP contribution < -0.4 is 0 Å². The zero-order valence-electron chi connectivity index (χ0n) is 16.8. The van der Waals surface area contributed by atoms with Crippen molar-refractivity contribution in [2.24, 2.45) is 23.7 Å². The third kappa shape index (κ3) is 5.85. The van der Waals surface area contributed by atoms with Gasteiger partial charge < -0.3 is 9.47 Å². The van der Waals surface area contributed by atoms with Gasteiger partial charge in [-0.2, -0.15) is 8.78 Å². The first kappa shape index (κ1) is 21.4. The number of rotatable bonds is 7. The monoisotopic (exact) mass is 390 g/mol. The average molecular weight is 391 g/mol. The maximum Gasteiger partial charge on any atom is 0.358 e. The molecule has 0 heterocycles. The minimum atomic E-state index is -3.02. The minimum Gasteiger partial charge on any atom is -0.347 e. The standard InChI is InChI=1S/C22H37F3O2/c1-2-16-3-5-17(6-4-16)18-7-9-19(10-8-18)22(24,25)27-21-13-11-20(12-14-21)26-15-23/h16-21H,2-15H2,1H3. The van der Waals surface area contributed by atoms with E-state index in [1.807, 2.05) is 0 Å². The largest absolute Gasteiger partial charge is 0.358 e. The molecule has 0 radical (unpaired) electrons. The summed E-state index contributed by atoms with van der Waals surface area (Å²) in [5.41, 5.74) is 0. The van der Waals surface area contributed by atoms with Gasteiger partial charge in [-0.25, -0.2) is 4.39 Å². The number of halogens is 3. The van der Waals surface area contributed by atoms with Crippen molar-refractivity contribution < 1.29 is 22.6 Å². The predicted octanol–water partition coefficient (Wildman–Crippen LogP) is 6.87. The van der Waals surface area contributed by atoms with Gasteiger partial charge in [-0.1, -0.05) is 26.2 Å². The molecule has 2 nitrogen and oxygen atoms in total. The molecule has 0 atom stereocenters. The lowest BCUT2D eigenvalue weighted by Crippen LogP contribution is -2.40. The summed E-state index contributed by atoms with van der Waals surface area (Å²) in [5, 5.41) is 0. The van der Waals surface area contributed by atoms with E-state index >= 15 is 0 Å². The highest BCUT2D eigenvalue weighted by Gasteiger charge is 2.45. The Morgan fingerprint density at radius 1 is 0.741 bits per heavy atom. The number of alkyl halides is 3. The quantitative estimate of drug-likeness (QED) is 0.472. The van der Waals surface area contributed by atoms with Crippen LogP contribution in [0.15, 0.2) is 0 Å². The van der Waals surface area contributed by atoms with Crippen molar-refractivity contribution in [2.45, 2.75) is 109 Å². The van der Waals surface area contributed by atoms with Gasteiger partial charge >= 0.3 is 6.11 Å².